The number of nitrogens with two attached hydrogens (primary N) is 1. The summed E-state index contributed by atoms with van der Waals surface area (Å²) in [6.07, 6.45) is 1.80. The van der Waals surface area contributed by atoms with Gasteiger partial charge in [-0.3, -0.25) is 4.79 Å². The molecular formula is C9H12ClN3O. The molecule has 76 valence electrons. The highest BCUT2D eigenvalue weighted by atomic mass is 35.5. The van der Waals surface area contributed by atoms with E-state index in [0.29, 0.717) is 17.3 Å². The molecule has 0 radical (unpaired) electrons. The van der Waals surface area contributed by atoms with Crippen molar-refractivity contribution >= 4 is 23.2 Å². The van der Waals surface area contributed by atoms with Crippen LogP contribution in [0.4, 0.5) is 5.69 Å². The third-order valence-electron chi connectivity index (χ3n) is 1.52. The zero-order valence-corrected chi connectivity index (χ0v) is 8.58. The van der Waals surface area contributed by atoms with Crippen molar-refractivity contribution in [3.63, 3.8) is 0 Å². The number of amides is 1. The van der Waals surface area contributed by atoms with Crippen LogP contribution >= 0.6 is 11.6 Å². The lowest BCUT2D eigenvalue weighted by atomic mass is 10.2. The summed E-state index contributed by atoms with van der Waals surface area (Å²) < 4.78 is 0. The number of nitrogens with one attached hydrogen (secondary N) is 1. The smallest absolute Gasteiger partial charge is 0.225 e. The summed E-state index contributed by atoms with van der Waals surface area (Å²) in [5.74, 6) is -0.121. The predicted molar refractivity (Wildman–Crippen MR) is 56.1 cm³/mol. The standard InChI is InChI=1S/C9H12ClN3O/c1-6(11)4-9(14)13-7-2-3-8(10)12-5-7/h2-3,5-6H,4,11H2,1H3,(H,13,14). The van der Waals surface area contributed by atoms with Gasteiger partial charge in [-0.15, -0.1) is 0 Å². The summed E-state index contributed by atoms with van der Waals surface area (Å²) in [4.78, 5) is 15.1. The van der Waals surface area contributed by atoms with Gasteiger partial charge in [0, 0.05) is 12.5 Å². The first-order valence-electron chi connectivity index (χ1n) is 4.25. The third kappa shape index (κ3) is 3.72. The molecule has 1 amide bonds. The van der Waals surface area contributed by atoms with Crippen LogP contribution in [-0.4, -0.2) is 16.9 Å². The van der Waals surface area contributed by atoms with Gasteiger partial charge in [-0.1, -0.05) is 11.6 Å². The number of pyridine rings is 1. The number of aromatic nitrogens is 1. The SMILES string of the molecule is CC(N)CC(=O)Nc1ccc(Cl)nc1. The molecule has 0 saturated carbocycles. The molecule has 5 heteroatoms. The second-order valence-corrected chi connectivity index (χ2v) is 3.49. The van der Waals surface area contributed by atoms with Gasteiger partial charge in [-0.25, -0.2) is 4.98 Å². The van der Waals surface area contributed by atoms with Gasteiger partial charge in [0.05, 0.1) is 11.9 Å². The highest BCUT2D eigenvalue weighted by Gasteiger charge is 2.05. The molecule has 1 aromatic heterocycles. The van der Waals surface area contributed by atoms with Crippen LogP contribution < -0.4 is 11.1 Å². The van der Waals surface area contributed by atoms with Crippen molar-refractivity contribution in [1.82, 2.24) is 4.98 Å². The first kappa shape index (κ1) is 10.9. The van der Waals surface area contributed by atoms with Gasteiger partial charge >= 0.3 is 0 Å². The van der Waals surface area contributed by atoms with Crippen LogP contribution in [0.15, 0.2) is 18.3 Å². The number of halogens is 1. The average Bonchev–Trinajstić information content (AvgIpc) is 2.07. The van der Waals surface area contributed by atoms with Crippen LogP contribution in [0.1, 0.15) is 13.3 Å². The second-order valence-electron chi connectivity index (χ2n) is 3.10. The fraction of sp³-hybridized carbons (Fsp3) is 0.333. The van der Waals surface area contributed by atoms with Crippen molar-refractivity contribution < 1.29 is 4.79 Å². The monoisotopic (exact) mass is 213 g/mol. The lowest BCUT2D eigenvalue weighted by Gasteiger charge is -2.06. The molecular weight excluding hydrogens is 202 g/mol. The van der Waals surface area contributed by atoms with Gasteiger partial charge in [-0.05, 0) is 19.1 Å². The fourth-order valence-corrected chi connectivity index (χ4v) is 1.07. The molecule has 4 nitrogen and oxygen atoms in total. The highest BCUT2D eigenvalue weighted by molar-refractivity contribution is 6.29. The first-order chi connectivity index (χ1) is 6.58. The summed E-state index contributed by atoms with van der Waals surface area (Å²) in [5.41, 5.74) is 6.10. The van der Waals surface area contributed by atoms with Crippen molar-refractivity contribution in [3.8, 4) is 0 Å². The zero-order valence-electron chi connectivity index (χ0n) is 7.83. The van der Waals surface area contributed by atoms with Crippen molar-refractivity contribution in [2.24, 2.45) is 5.73 Å². The van der Waals surface area contributed by atoms with Gasteiger partial charge in [0.1, 0.15) is 5.15 Å². The van der Waals surface area contributed by atoms with E-state index >= 15 is 0 Å². The molecule has 0 spiro atoms. The Hall–Kier alpha value is -1.13. The number of nitrogens with zero attached hydrogens (tertiary/aromatic N) is 1. The van der Waals surface area contributed by atoms with Crippen molar-refractivity contribution in [2.45, 2.75) is 19.4 Å². The predicted octanol–water partition coefficient (Wildman–Crippen LogP) is 1.41. The van der Waals surface area contributed by atoms with Gasteiger partial charge in [0.15, 0.2) is 0 Å². The van der Waals surface area contributed by atoms with Gasteiger partial charge < -0.3 is 11.1 Å². The largest absolute Gasteiger partial charge is 0.327 e. The molecule has 1 unspecified atom stereocenters. The number of anilines is 1. The maximum atomic E-state index is 11.3. The van der Waals surface area contributed by atoms with E-state index in [2.05, 4.69) is 10.3 Å². The van der Waals surface area contributed by atoms with E-state index in [4.69, 9.17) is 17.3 Å². The summed E-state index contributed by atoms with van der Waals surface area (Å²) in [6.45, 7) is 1.78. The molecule has 0 aliphatic carbocycles. The Labute approximate surface area is 87.5 Å². The van der Waals surface area contributed by atoms with E-state index in [0.717, 1.165) is 0 Å². The second kappa shape index (κ2) is 4.93. The van der Waals surface area contributed by atoms with Crippen molar-refractivity contribution in [1.29, 1.82) is 0 Å². The summed E-state index contributed by atoms with van der Waals surface area (Å²) in [7, 11) is 0. The van der Waals surface area contributed by atoms with Gasteiger partial charge in [0.25, 0.3) is 0 Å². The molecule has 1 heterocycles. The van der Waals surface area contributed by atoms with Crippen molar-refractivity contribution in [3.05, 3.63) is 23.5 Å². The summed E-state index contributed by atoms with van der Waals surface area (Å²) in [5, 5.41) is 3.06. The molecule has 0 aliphatic rings. The Bertz CT molecular complexity index is 310. The minimum absolute atomic E-state index is 0.121. The molecule has 3 N–H and O–H groups in total. The lowest BCUT2D eigenvalue weighted by molar-refractivity contribution is -0.116. The van der Waals surface area contributed by atoms with Crippen LogP contribution in [0.5, 0.6) is 0 Å². The number of hydrogen-bond acceptors (Lipinski definition) is 3. The van der Waals surface area contributed by atoms with E-state index in [9.17, 15) is 4.79 Å². The quantitative estimate of drug-likeness (QED) is 0.746. The molecule has 1 rings (SSSR count). The Morgan fingerprint density at radius 1 is 1.71 bits per heavy atom. The Morgan fingerprint density at radius 3 is 2.93 bits per heavy atom. The van der Waals surface area contributed by atoms with Gasteiger partial charge in [0.2, 0.25) is 5.91 Å². The molecule has 0 fully saturated rings. The lowest BCUT2D eigenvalue weighted by Crippen LogP contribution is -2.23. The molecule has 0 bridgehead atoms. The Kier molecular flexibility index (Phi) is 3.85. The maximum absolute atomic E-state index is 11.3. The minimum atomic E-state index is -0.143. The van der Waals surface area contributed by atoms with E-state index in [1.54, 1.807) is 19.1 Å². The zero-order chi connectivity index (χ0) is 10.6. The molecule has 0 aromatic carbocycles. The molecule has 14 heavy (non-hydrogen) atoms. The molecule has 1 atom stereocenters. The first-order valence-corrected chi connectivity index (χ1v) is 4.62. The number of rotatable bonds is 3. The number of carbonyl (C=O) groups is 1. The van der Waals surface area contributed by atoms with E-state index in [1.165, 1.54) is 6.20 Å². The number of hydrogen-bond donors (Lipinski definition) is 2. The third-order valence-corrected chi connectivity index (χ3v) is 1.74. The summed E-state index contributed by atoms with van der Waals surface area (Å²) >= 11 is 5.59. The Balaban J connectivity index is 2.52. The highest BCUT2D eigenvalue weighted by Crippen LogP contribution is 2.09. The minimum Gasteiger partial charge on any atom is -0.327 e. The number of carbonyl (C=O) groups excluding carboxylic acids is 1. The molecule has 0 aliphatic heterocycles. The van der Waals surface area contributed by atoms with Crippen LogP contribution in [0.2, 0.25) is 5.15 Å². The van der Waals surface area contributed by atoms with E-state index in [1.807, 2.05) is 0 Å². The van der Waals surface area contributed by atoms with Crippen LogP contribution in [0.25, 0.3) is 0 Å². The van der Waals surface area contributed by atoms with Crippen LogP contribution in [-0.2, 0) is 4.79 Å². The van der Waals surface area contributed by atoms with Crippen molar-refractivity contribution in [2.75, 3.05) is 5.32 Å². The summed E-state index contributed by atoms with van der Waals surface area (Å²) in [6, 6.07) is 3.16. The van der Waals surface area contributed by atoms with E-state index in [-0.39, 0.29) is 11.9 Å². The van der Waals surface area contributed by atoms with Crippen LogP contribution in [0, 0.1) is 0 Å². The van der Waals surface area contributed by atoms with Gasteiger partial charge in [-0.2, -0.15) is 0 Å². The molecule has 1 aromatic rings. The normalized spacial score (nSPS) is 12.2. The average molecular weight is 214 g/mol. The Morgan fingerprint density at radius 2 is 2.43 bits per heavy atom. The van der Waals surface area contributed by atoms with Crippen LogP contribution in [0.3, 0.4) is 0 Å². The maximum Gasteiger partial charge on any atom is 0.225 e. The van der Waals surface area contributed by atoms with E-state index < -0.39 is 0 Å². The topological polar surface area (TPSA) is 68.0 Å². The fourth-order valence-electron chi connectivity index (χ4n) is 0.954. The molecule has 0 saturated heterocycles.